The molecule has 0 aliphatic carbocycles. The Kier molecular flexibility index (Phi) is 6.03. The Morgan fingerprint density at radius 2 is 1.75 bits per heavy atom. The summed E-state index contributed by atoms with van der Waals surface area (Å²) >= 11 is 0. The number of benzene rings is 1. The van der Waals surface area contributed by atoms with Gasteiger partial charge in [0.1, 0.15) is 11.4 Å². The normalized spacial score (nSPS) is 9.83. The number of pyridine rings is 1. The van der Waals surface area contributed by atoms with Gasteiger partial charge in [-0.2, -0.15) is 5.26 Å². The quantitative estimate of drug-likeness (QED) is 0.799. The van der Waals surface area contributed by atoms with Gasteiger partial charge in [0.05, 0.1) is 11.6 Å². The lowest BCUT2D eigenvalue weighted by molar-refractivity contribution is 0.0948. The van der Waals surface area contributed by atoms with Crippen molar-refractivity contribution in [1.82, 2.24) is 10.3 Å². The SMILES string of the molecule is CCCCNC(=O)c1cccc(C(=O)Nc2ccc(C#N)cc2)n1. The Balaban J connectivity index is 2.05. The van der Waals surface area contributed by atoms with Crippen molar-refractivity contribution in [3.05, 3.63) is 59.4 Å². The first kappa shape index (κ1) is 17.2. The molecule has 0 radical (unpaired) electrons. The van der Waals surface area contributed by atoms with Crippen LogP contribution in [0.2, 0.25) is 0 Å². The van der Waals surface area contributed by atoms with E-state index >= 15 is 0 Å². The zero-order valence-corrected chi connectivity index (χ0v) is 13.4. The van der Waals surface area contributed by atoms with Gasteiger partial charge in [0.2, 0.25) is 0 Å². The van der Waals surface area contributed by atoms with Crippen molar-refractivity contribution in [1.29, 1.82) is 5.26 Å². The Bertz CT molecular complexity index is 763. The molecule has 0 saturated heterocycles. The number of carbonyl (C=O) groups excluding carboxylic acids is 2. The van der Waals surface area contributed by atoms with Gasteiger partial charge in [-0.1, -0.05) is 19.4 Å². The molecule has 0 atom stereocenters. The van der Waals surface area contributed by atoms with Crippen LogP contribution < -0.4 is 10.6 Å². The number of hydrogen-bond acceptors (Lipinski definition) is 4. The number of nitrogens with zero attached hydrogens (tertiary/aromatic N) is 2. The zero-order valence-electron chi connectivity index (χ0n) is 13.4. The van der Waals surface area contributed by atoms with Crippen molar-refractivity contribution >= 4 is 17.5 Å². The summed E-state index contributed by atoms with van der Waals surface area (Å²) in [5.74, 6) is -0.709. The van der Waals surface area contributed by atoms with Crippen LogP contribution in [0.3, 0.4) is 0 Å². The van der Waals surface area contributed by atoms with E-state index in [2.05, 4.69) is 15.6 Å². The molecule has 1 aromatic carbocycles. The van der Waals surface area contributed by atoms with E-state index in [0.717, 1.165) is 12.8 Å². The maximum atomic E-state index is 12.2. The summed E-state index contributed by atoms with van der Waals surface area (Å²) in [7, 11) is 0. The second-order valence-corrected chi connectivity index (χ2v) is 5.16. The molecule has 2 aromatic rings. The zero-order chi connectivity index (χ0) is 17.4. The van der Waals surface area contributed by atoms with Crippen LogP contribution in [0.1, 0.15) is 46.3 Å². The monoisotopic (exact) mass is 322 g/mol. The lowest BCUT2D eigenvalue weighted by Crippen LogP contribution is -2.26. The fraction of sp³-hybridized carbons (Fsp3) is 0.222. The molecular formula is C18H18N4O2. The number of anilines is 1. The van der Waals surface area contributed by atoms with E-state index in [0.29, 0.717) is 17.8 Å². The van der Waals surface area contributed by atoms with Gasteiger partial charge < -0.3 is 10.6 Å². The third kappa shape index (κ3) is 4.65. The number of amides is 2. The average Bonchev–Trinajstić information content (AvgIpc) is 2.62. The highest BCUT2D eigenvalue weighted by Gasteiger charge is 2.12. The Morgan fingerprint density at radius 3 is 2.38 bits per heavy atom. The van der Waals surface area contributed by atoms with Gasteiger partial charge in [-0.15, -0.1) is 0 Å². The molecule has 0 fully saturated rings. The second kappa shape index (κ2) is 8.44. The first-order valence-corrected chi connectivity index (χ1v) is 7.71. The van der Waals surface area contributed by atoms with Crippen molar-refractivity contribution in [2.24, 2.45) is 0 Å². The van der Waals surface area contributed by atoms with Crippen molar-refractivity contribution in [2.75, 3.05) is 11.9 Å². The summed E-state index contributed by atoms with van der Waals surface area (Å²) in [6, 6.07) is 13.2. The highest BCUT2D eigenvalue weighted by molar-refractivity contribution is 6.03. The van der Waals surface area contributed by atoms with Gasteiger partial charge >= 0.3 is 0 Å². The molecule has 122 valence electrons. The summed E-state index contributed by atoms with van der Waals surface area (Å²) < 4.78 is 0. The van der Waals surface area contributed by atoms with E-state index in [1.807, 2.05) is 13.0 Å². The van der Waals surface area contributed by atoms with Crippen LogP contribution in [0.25, 0.3) is 0 Å². The third-order valence-corrected chi connectivity index (χ3v) is 3.30. The first-order chi connectivity index (χ1) is 11.6. The van der Waals surface area contributed by atoms with Crippen LogP contribution in [0.4, 0.5) is 5.69 Å². The van der Waals surface area contributed by atoms with E-state index in [9.17, 15) is 9.59 Å². The lowest BCUT2D eigenvalue weighted by atomic mass is 10.2. The maximum Gasteiger partial charge on any atom is 0.274 e. The minimum atomic E-state index is -0.414. The molecular weight excluding hydrogens is 304 g/mol. The maximum absolute atomic E-state index is 12.2. The van der Waals surface area contributed by atoms with Crippen molar-refractivity contribution in [2.45, 2.75) is 19.8 Å². The molecule has 2 N–H and O–H groups in total. The largest absolute Gasteiger partial charge is 0.351 e. The second-order valence-electron chi connectivity index (χ2n) is 5.16. The van der Waals surface area contributed by atoms with Gasteiger partial charge in [-0.05, 0) is 42.8 Å². The Labute approximate surface area is 140 Å². The number of aromatic nitrogens is 1. The molecule has 0 aliphatic rings. The fourth-order valence-electron chi connectivity index (χ4n) is 1.98. The van der Waals surface area contributed by atoms with Crippen LogP contribution >= 0.6 is 0 Å². The smallest absolute Gasteiger partial charge is 0.274 e. The van der Waals surface area contributed by atoms with Crippen LogP contribution in [0, 0.1) is 11.3 Å². The standard InChI is InChI=1S/C18H18N4O2/c1-2-3-11-20-17(23)15-5-4-6-16(22-15)18(24)21-14-9-7-13(12-19)8-10-14/h4-10H,2-3,11H2,1H3,(H,20,23)(H,21,24). The molecule has 2 rings (SSSR count). The Morgan fingerprint density at radius 1 is 1.08 bits per heavy atom. The summed E-state index contributed by atoms with van der Waals surface area (Å²) in [6.07, 6.45) is 1.88. The molecule has 6 nitrogen and oxygen atoms in total. The molecule has 24 heavy (non-hydrogen) atoms. The van der Waals surface area contributed by atoms with E-state index in [4.69, 9.17) is 5.26 Å². The van der Waals surface area contributed by atoms with E-state index in [1.165, 1.54) is 0 Å². The van der Waals surface area contributed by atoms with E-state index in [1.54, 1.807) is 42.5 Å². The highest BCUT2D eigenvalue weighted by Crippen LogP contribution is 2.10. The molecule has 0 spiro atoms. The number of nitriles is 1. The van der Waals surface area contributed by atoms with E-state index < -0.39 is 5.91 Å². The van der Waals surface area contributed by atoms with Crippen molar-refractivity contribution in [3.8, 4) is 6.07 Å². The number of unbranched alkanes of at least 4 members (excludes halogenated alkanes) is 1. The summed E-state index contributed by atoms with van der Waals surface area (Å²) in [5.41, 5.74) is 1.43. The average molecular weight is 322 g/mol. The molecule has 0 aliphatic heterocycles. The molecule has 0 saturated carbocycles. The van der Waals surface area contributed by atoms with E-state index in [-0.39, 0.29) is 17.3 Å². The van der Waals surface area contributed by atoms with Crippen LogP contribution in [0.5, 0.6) is 0 Å². The van der Waals surface area contributed by atoms with Crippen molar-refractivity contribution < 1.29 is 9.59 Å². The predicted octanol–water partition coefficient (Wildman–Crippen LogP) is 2.74. The Hall–Kier alpha value is -3.20. The topological polar surface area (TPSA) is 94.9 Å². The van der Waals surface area contributed by atoms with Gasteiger partial charge in [0.25, 0.3) is 11.8 Å². The fourth-order valence-corrected chi connectivity index (χ4v) is 1.98. The number of rotatable bonds is 6. The summed E-state index contributed by atoms with van der Waals surface area (Å²) in [5, 5.41) is 14.2. The van der Waals surface area contributed by atoms with Gasteiger partial charge in [0, 0.05) is 12.2 Å². The van der Waals surface area contributed by atoms with Crippen LogP contribution in [0.15, 0.2) is 42.5 Å². The summed E-state index contributed by atoms with van der Waals surface area (Å²) in [6.45, 7) is 2.62. The number of hydrogen-bond donors (Lipinski definition) is 2. The lowest BCUT2D eigenvalue weighted by Gasteiger charge is -2.07. The van der Waals surface area contributed by atoms with Gasteiger partial charge in [-0.25, -0.2) is 4.98 Å². The molecule has 2 amide bonds. The molecule has 0 unspecified atom stereocenters. The van der Waals surface area contributed by atoms with Gasteiger partial charge in [0.15, 0.2) is 0 Å². The molecule has 6 heteroatoms. The van der Waals surface area contributed by atoms with Crippen molar-refractivity contribution in [3.63, 3.8) is 0 Å². The van der Waals surface area contributed by atoms with Crippen LogP contribution in [-0.2, 0) is 0 Å². The minimum Gasteiger partial charge on any atom is -0.351 e. The van der Waals surface area contributed by atoms with Crippen LogP contribution in [-0.4, -0.2) is 23.3 Å². The summed E-state index contributed by atoms with van der Waals surface area (Å²) in [4.78, 5) is 28.3. The predicted molar refractivity (Wildman–Crippen MR) is 90.6 cm³/mol. The third-order valence-electron chi connectivity index (χ3n) is 3.30. The minimum absolute atomic E-state index is 0.155. The van der Waals surface area contributed by atoms with Gasteiger partial charge in [-0.3, -0.25) is 9.59 Å². The highest BCUT2D eigenvalue weighted by atomic mass is 16.2. The number of nitrogens with one attached hydrogen (secondary N) is 2. The number of carbonyl (C=O) groups is 2. The molecule has 1 aromatic heterocycles. The molecule has 0 bridgehead atoms. The molecule has 1 heterocycles. The first-order valence-electron chi connectivity index (χ1n) is 7.71.